The lowest BCUT2D eigenvalue weighted by atomic mass is 9.81. The Bertz CT molecular complexity index is 1060. The highest BCUT2D eigenvalue weighted by Gasteiger charge is 2.34. The van der Waals surface area contributed by atoms with Crippen molar-refractivity contribution in [2.24, 2.45) is 5.92 Å². The Labute approximate surface area is 253 Å². The molecule has 0 spiro atoms. The monoisotopic (exact) mass is 609 g/mol. The Morgan fingerprint density at radius 1 is 0.857 bits per heavy atom. The SMILES string of the molecule is CCCCCCCCCCCCCCCCOCCCOP(C)(=O)OC[C@H]1C[C@@H](n2cnc3c(OC)nc(N)nc32)C1. The van der Waals surface area contributed by atoms with Crippen LogP contribution in [0.4, 0.5) is 5.95 Å². The number of ether oxygens (including phenoxy) is 2. The van der Waals surface area contributed by atoms with Crippen LogP contribution in [0.15, 0.2) is 6.33 Å². The number of hydrogen-bond donors (Lipinski definition) is 1. The van der Waals surface area contributed by atoms with Gasteiger partial charge >= 0.3 is 7.60 Å². The number of hydrogen-bond acceptors (Lipinski definition) is 9. The third kappa shape index (κ3) is 12.5. The highest BCUT2D eigenvalue weighted by molar-refractivity contribution is 7.52. The van der Waals surface area contributed by atoms with E-state index < -0.39 is 7.60 Å². The van der Waals surface area contributed by atoms with Crippen LogP contribution in [-0.4, -0.2) is 59.7 Å². The zero-order chi connectivity index (χ0) is 30.0. The van der Waals surface area contributed by atoms with E-state index in [2.05, 4.69) is 21.9 Å². The van der Waals surface area contributed by atoms with E-state index in [1.807, 2.05) is 4.57 Å². The predicted molar refractivity (Wildman–Crippen MR) is 169 cm³/mol. The lowest BCUT2D eigenvalue weighted by molar-refractivity contribution is 0.0964. The Hall–Kier alpha value is -1.74. The van der Waals surface area contributed by atoms with Crippen LogP contribution in [0.25, 0.3) is 11.2 Å². The largest absolute Gasteiger partial charge is 0.479 e. The van der Waals surface area contributed by atoms with Gasteiger partial charge in [-0.05, 0) is 31.6 Å². The minimum atomic E-state index is -3.08. The second-order valence-electron chi connectivity index (χ2n) is 11.9. The highest BCUT2D eigenvalue weighted by Crippen LogP contribution is 2.47. The van der Waals surface area contributed by atoms with E-state index in [1.54, 1.807) is 13.0 Å². The van der Waals surface area contributed by atoms with Gasteiger partial charge in [-0.3, -0.25) is 4.57 Å². The summed E-state index contributed by atoms with van der Waals surface area (Å²) in [6.45, 7) is 6.03. The van der Waals surface area contributed by atoms with Crippen LogP contribution in [0, 0.1) is 5.92 Å². The maximum atomic E-state index is 12.7. The van der Waals surface area contributed by atoms with Crippen molar-refractivity contribution < 1.29 is 23.1 Å². The van der Waals surface area contributed by atoms with E-state index in [1.165, 1.54) is 90.6 Å². The van der Waals surface area contributed by atoms with E-state index in [0.29, 0.717) is 49.2 Å². The lowest BCUT2D eigenvalue weighted by Gasteiger charge is -2.36. The second kappa shape index (κ2) is 19.5. The van der Waals surface area contributed by atoms with Gasteiger partial charge in [0, 0.05) is 25.9 Å². The molecule has 10 nitrogen and oxygen atoms in total. The molecule has 2 aromatic heterocycles. The van der Waals surface area contributed by atoms with Gasteiger partial charge in [-0.15, -0.1) is 0 Å². The Morgan fingerprint density at radius 2 is 1.45 bits per heavy atom. The fourth-order valence-electron chi connectivity index (χ4n) is 5.55. The molecule has 0 bridgehead atoms. The summed E-state index contributed by atoms with van der Waals surface area (Å²) in [5.41, 5.74) is 7.09. The molecular weight excluding hydrogens is 553 g/mol. The summed E-state index contributed by atoms with van der Waals surface area (Å²) in [7, 11) is -1.54. The van der Waals surface area contributed by atoms with Gasteiger partial charge in [0.25, 0.3) is 0 Å². The number of fused-ring (bicyclic) bond motifs is 1. The van der Waals surface area contributed by atoms with Crippen molar-refractivity contribution in [3.8, 4) is 5.88 Å². The average Bonchev–Trinajstić information content (AvgIpc) is 3.36. The number of nitrogen functional groups attached to an aromatic ring is 1. The van der Waals surface area contributed by atoms with Crippen molar-refractivity contribution in [3.63, 3.8) is 0 Å². The van der Waals surface area contributed by atoms with Crippen LogP contribution in [-0.2, 0) is 18.3 Å². The van der Waals surface area contributed by atoms with Gasteiger partial charge in [-0.2, -0.15) is 9.97 Å². The lowest BCUT2D eigenvalue weighted by Crippen LogP contribution is -2.29. The molecule has 11 heteroatoms. The minimum absolute atomic E-state index is 0.157. The maximum absolute atomic E-state index is 12.7. The molecule has 1 saturated carbocycles. The van der Waals surface area contributed by atoms with Gasteiger partial charge in [0.2, 0.25) is 11.8 Å². The molecule has 0 radical (unpaired) electrons. The smallest absolute Gasteiger partial charge is 0.327 e. The van der Waals surface area contributed by atoms with Crippen LogP contribution in [0.1, 0.15) is 122 Å². The Balaban J connectivity index is 1.11. The molecule has 3 rings (SSSR count). The quantitative estimate of drug-likeness (QED) is 0.0878. The Morgan fingerprint density at radius 3 is 2.07 bits per heavy atom. The summed E-state index contributed by atoms with van der Waals surface area (Å²) in [6, 6.07) is 0.233. The molecule has 0 saturated heterocycles. The second-order valence-corrected chi connectivity index (χ2v) is 13.9. The molecule has 240 valence electrons. The third-order valence-corrected chi connectivity index (χ3v) is 9.42. The zero-order valence-corrected chi connectivity index (χ0v) is 27.3. The van der Waals surface area contributed by atoms with E-state index in [4.69, 9.17) is 24.3 Å². The first kappa shape index (κ1) is 34.7. The molecule has 0 aromatic carbocycles. The highest BCUT2D eigenvalue weighted by atomic mass is 31.2. The van der Waals surface area contributed by atoms with Gasteiger partial charge in [0.05, 0.1) is 26.7 Å². The zero-order valence-electron chi connectivity index (χ0n) is 26.4. The number of aromatic nitrogens is 4. The molecule has 1 fully saturated rings. The van der Waals surface area contributed by atoms with Crippen LogP contribution in [0.2, 0.25) is 0 Å². The van der Waals surface area contributed by atoms with Crippen LogP contribution >= 0.6 is 7.60 Å². The molecule has 0 aliphatic heterocycles. The predicted octanol–water partition coefficient (Wildman–Crippen LogP) is 8.11. The van der Waals surface area contributed by atoms with Crippen molar-refractivity contribution in [1.82, 2.24) is 19.5 Å². The number of nitrogens with zero attached hydrogens (tertiary/aromatic N) is 4. The van der Waals surface area contributed by atoms with Crippen molar-refractivity contribution in [2.75, 3.05) is 45.9 Å². The summed E-state index contributed by atoms with van der Waals surface area (Å²) < 4.78 is 37.0. The number of anilines is 1. The molecule has 2 N–H and O–H groups in total. The Kier molecular flexibility index (Phi) is 16.1. The first-order valence-electron chi connectivity index (χ1n) is 16.4. The molecule has 42 heavy (non-hydrogen) atoms. The average molecular weight is 610 g/mol. The molecule has 2 heterocycles. The van der Waals surface area contributed by atoms with E-state index in [-0.39, 0.29) is 12.0 Å². The summed E-state index contributed by atoms with van der Waals surface area (Å²) >= 11 is 0. The topological polar surface area (TPSA) is 124 Å². The number of methoxy groups -OCH3 is 1. The van der Waals surface area contributed by atoms with Crippen LogP contribution in [0.5, 0.6) is 5.88 Å². The molecule has 1 aliphatic rings. The summed E-state index contributed by atoms with van der Waals surface area (Å²) in [5, 5.41) is 0. The molecular formula is C31H56N5O5P. The fraction of sp³-hybridized carbons (Fsp3) is 0.839. The summed E-state index contributed by atoms with van der Waals surface area (Å²) in [5.74, 6) is 0.836. The van der Waals surface area contributed by atoms with Gasteiger partial charge in [-0.1, -0.05) is 90.4 Å². The minimum Gasteiger partial charge on any atom is -0.479 e. The van der Waals surface area contributed by atoms with Crippen molar-refractivity contribution >= 4 is 24.7 Å². The summed E-state index contributed by atoms with van der Waals surface area (Å²) in [6.07, 6.45) is 23.2. The maximum Gasteiger partial charge on any atom is 0.327 e. The van der Waals surface area contributed by atoms with Crippen LogP contribution in [0.3, 0.4) is 0 Å². The standard InChI is InChI=1S/C31H56N5O5P/c1-4-5-6-7-8-9-10-11-12-13-14-15-16-17-19-39-20-18-21-40-42(3,37)41-24-26-22-27(23-26)36-25-33-28-29(36)34-31(32)35-30(28)38-2/h25-27H,4-24H2,1-3H3,(H2,32,34,35)/t26-,27+,42?. The number of rotatable bonds is 25. The molecule has 2 aromatic rings. The molecule has 1 aliphatic carbocycles. The summed E-state index contributed by atoms with van der Waals surface area (Å²) in [4.78, 5) is 12.8. The first-order chi connectivity index (χ1) is 20.4. The van der Waals surface area contributed by atoms with E-state index in [0.717, 1.165) is 25.9 Å². The van der Waals surface area contributed by atoms with Gasteiger partial charge in [-0.25, -0.2) is 4.98 Å². The number of imidazole rings is 1. The van der Waals surface area contributed by atoms with Gasteiger partial charge in [0.15, 0.2) is 11.2 Å². The first-order valence-corrected chi connectivity index (χ1v) is 18.4. The van der Waals surface area contributed by atoms with Crippen molar-refractivity contribution in [1.29, 1.82) is 0 Å². The van der Waals surface area contributed by atoms with Crippen molar-refractivity contribution in [3.05, 3.63) is 6.33 Å². The normalized spacial score (nSPS) is 18.3. The fourth-order valence-corrected chi connectivity index (χ4v) is 6.57. The third-order valence-electron chi connectivity index (χ3n) is 8.15. The molecule has 1 atom stereocenters. The van der Waals surface area contributed by atoms with Crippen LogP contribution < -0.4 is 10.5 Å². The van der Waals surface area contributed by atoms with Crippen molar-refractivity contribution in [2.45, 2.75) is 122 Å². The number of unbranched alkanes of at least 4 members (excludes halogenated alkanes) is 13. The van der Waals surface area contributed by atoms with Gasteiger partial charge in [0.1, 0.15) is 0 Å². The molecule has 0 amide bonds. The van der Waals surface area contributed by atoms with E-state index in [9.17, 15) is 4.57 Å². The number of nitrogens with two attached hydrogens (primary N) is 1. The van der Waals surface area contributed by atoms with E-state index >= 15 is 0 Å². The molecule has 1 unspecified atom stereocenters. The van der Waals surface area contributed by atoms with Gasteiger partial charge < -0.3 is 28.8 Å².